The first kappa shape index (κ1) is 16.8. The second-order valence-corrected chi connectivity index (χ2v) is 5.77. The Hall–Kier alpha value is -2.56. The van der Waals surface area contributed by atoms with Gasteiger partial charge in [-0.2, -0.15) is 0 Å². The molecular formula is C18H21NO4. The Kier molecular flexibility index (Phi) is 5.57. The summed E-state index contributed by atoms with van der Waals surface area (Å²) in [5, 5.41) is 2.66. The Morgan fingerprint density at radius 3 is 2.43 bits per heavy atom. The molecule has 0 radical (unpaired) electrons. The van der Waals surface area contributed by atoms with Gasteiger partial charge in [-0.15, -0.1) is 0 Å². The molecule has 2 aromatic rings. The predicted octanol–water partition coefficient (Wildman–Crippen LogP) is 3.09. The van der Waals surface area contributed by atoms with Crippen molar-refractivity contribution in [3.63, 3.8) is 0 Å². The van der Waals surface area contributed by atoms with Crippen LogP contribution in [0.15, 0.2) is 47.1 Å². The number of benzene rings is 1. The highest BCUT2D eigenvalue weighted by atomic mass is 16.5. The number of ether oxygens (including phenoxy) is 1. The molecule has 0 saturated carbocycles. The second-order valence-electron chi connectivity index (χ2n) is 5.77. The first-order valence-electron chi connectivity index (χ1n) is 7.54. The van der Waals surface area contributed by atoms with Crippen LogP contribution in [0.3, 0.4) is 0 Å². The van der Waals surface area contributed by atoms with Crippen LogP contribution in [-0.4, -0.2) is 17.9 Å². The van der Waals surface area contributed by atoms with Crippen molar-refractivity contribution in [2.75, 3.05) is 0 Å². The van der Waals surface area contributed by atoms with E-state index in [1.807, 2.05) is 45.0 Å². The smallest absolute Gasteiger partial charge is 0.329 e. The zero-order valence-electron chi connectivity index (χ0n) is 13.5. The van der Waals surface area contributed by atoms with Gasteiger partial charge in [0.2, 0.25) is 0 Å². The summed E-state index contributed by atoms with van der Waals surface area (Å²) in [5.41, 5.74) is 2.05. The minimum atomic E-state index is -0.724. The van der Waals surface area contributed by atoms with Crippen LogP contribution >= 0.6 is 0 Å². The standard InChI is InChI=1S/C18H21NO4/c1-12(2)16(19-17(20)15-5-4-10-22-15)18(21)23-11-14-8-6-13(3)7-9-14/h4-10,12,16H,11H2,1-3H3,(H,19,20)/t16-/m0/s1. The van der Waals surface area contributed by atoms with Crippen molar-refractivity contribution in [1.29, 1.82) is 0 Å². The van der Waals surface area contributed by atoms with Gasteiger partial charge in [0.05, 0.1) is 6.26 Å². The predicted molar refractivity (Wildman–Crippen MR) is 85.8 cm³/mol. The molecule has 0 unspecified atom stereocenters. The molecule has 0 saturated heterocycles. The maximum absolute atomic E-state index is 12.3. The van der Waals surface area contributed by atoms with Crippen LogP contribution in [0.25, 0.3) is 0 Å². The normalized spacial score (nSPS) is 12.0. The van der Waals surface area contributed by atoms with E-state index >= 15 is 0 Å². The van der Waals surface area contributed by atoms with Gasteiger partial charge in [-0.25, -0.2) is 4.79 Å². The van der Waals surface area contributed by atoms with Gasteiger partial charge in [0, 0.05) is 0 Å². The zero-order chi connectivity index (χ0) is 16.8. The summed E-state index contributed by atoms with van der Waals surface area (Å²) in [6.07, 6.45) is 1.41. The van der Waals surface area contributed by atoms with E-state index in [1.165, 1.54) is 6.26 Å². The summed E-state index contributed by atoms with van der Waals surface area (Å²) in [6.45, 7) is 5.87. The van der Waals surface area contributed by atoms with Crippen LogP contribution in [0.4, 0.5) is 0 Å². The number of hydrogen-bond acceptors (Lipinski definition) is 4. The number of esters is 1. The molecule has 1 amide bonds. The third kappa shape index (κ3) is 4.71. The molecule has 0 aliphatic rings. The molecule has 5 nitrogen and oxygen atoms in total. The third-order valence-electron chi connectivity index (χ3n) is 3.45. The molecule has 23 heavy (non-hydrogen) atoms. The molecule has 0 bridgehead atoms. The molecule has 1 heterocycles. The van der Waals surface area contributed by atoms with Gasteiger partial charge in [-0.05, 0) is 30.5 Å². The number of carbonyl (C=O) groups is 2. The monoisotopic (exact) mass is 315 g/mol. The zero-order valence-corrected chi connectivity index (χ0v) is 13.5. The minimum Gasteiger partial charge on any atom is -0.459 e. The van der Waals surface area contributed by atoms with Crippen molar-refractivity contribution in [1.82, 2.24) is 5.32 Å². The number of amides is 1. The first-order valence-corrected chi connectivity index (χ1v) is 7.54. The van der Waals surface area contributed by atoms with Gasteiger partial charge in [-0.1, -0.05) is 43.7 Å². The van der Waals surface area contributed by atoms with Crippen molar-refractivity contribution < 1.29 is 18.7 Å². The molecular weight excluding hydrogens is 294 g/mol. The lowest BCUT2D eigenvalue weighted by atomic mass is 10.0. The Bertz CT molecular complexity index is 644. The summed E-state index contributed by atoms with van der Waals surface area (Å²) in [6, 6.07) is 10.2. The van der Waals surface area contributed by atoms with E-state index in [0.29, 0.717) is 0 Å². The average Bonchev–Trinajstić information content (AvgIpc) is 3.05. The summed E-state index contributed by atoms with van der Waals surface area (Å²) in [5.74, 6) is -0.817. The largest absolute Gasteiger partial charge is 0.459 e. The molecule has 0 spiro atoms. The molecule has 5 heteroatoms. The van der Waals surface area contributed by atoms with Crippen LogP contribution in [0.5, 0.6) is 0 Å². The molecule has 0 aliphatic heterocycles. The van der Waals surface area contributed by atoms with Crippen molar-refractivity contribution in [2.45, 2.75) is 33.4 Å². The summed E-state index contributed by atoms with van der Waals surface area (Å²) >= 11 is 0. The number of nitrogens with one attached hydrogen (secondary N) is 1. The number of carbonyl (C=O) groups excluding carboxylic acids is 2. The van der Waals surface area contributed by atoms with E-state index < -0.39 is 17.9 Å². The molecule has 0 fully saturated rings. The fourth-order valence-electron chi connectivity index (χ4n) is 2.05. The van der Waals surface area contributed by atoms with E-state index in [9.17, 15) is 9.59 Å². The first-order chi connectivity index (χ1) is 11.0. The van der Waals surface area contributed by atoms with E-state index in [-0.39, 0.29) is 18.3 Å². The van der Waals surface area contributed by atoms with Gasteiger partial charge in [-0.3, -0.25) is 4.79 Å². The quantitative estimate of drug-likeness (QED) is 0.832. The average molecular weight is 315 g/mol. The van der Waals surface area contributed by atoms with Crippen LogP contribution in [0.1, 0.15) is 35.5 Å². The number of rotatable bonds is 6. The van der Waals surface area contributed by atoms with Crippen LogP contribution in [0, 0.1) is 12.8 Å². The molecule has 1 aromatic heterocycles. The molecule has 1 atom stereocenters. The third-order valence-corrected chi connectivity index (χ3v) is 3.45. The fourth-order valence-corrected chi connectivity index (χ4v) is 2.05. The van der Waals surface area contributed by atoms with E-state index in [2.05, 4.69) is 5.32 Å². The second kappa shape index (κ2) is 7.63. The topological polar surface area (TPSA) is 68.5 Å². The summed E-state index contributed by atoms with van der Waals surface area (Å²) < 4.78 is 10.4. The number of aryl methyl sites for hydroxylation is 1. The molecule has 2 rings (SSSR count). The van der Waals surface area contributed by atoms with Crippen molar-refractivity contribution >= 4 is 11.9 Å². The Labute approximate surface area is 135 Å². The lowest BCUT2D eigenvalue weighted by molar-refractivity contribution is -0.148. The molecule has 1 N–H and O–H groups in total. The van der Waals surface area contributed by atoms with Gasteiger partial charge >= 0.3 is 5.97 Å². The highest BCUT2D eigenvalue weighted by molar-refractivity contribution is 5.94. The SMILES string of the molecule is Cc1ccc(COC(=O)[C@@H](NC(=O)c2ccco2)C(C)C)cc1. The molecule has 0 aliphatic carbocycles. The molecule has 122 valence electrons. The summed E-state index contributed by atoms with van der Waals surface area (Å²) in [7, 11) is 0. The van der Waals surface area contributed by atoms with Gasteiger partial charge in [0.1, 0.15) is 12.6 Å². The Morgan fingerprint density at radius 1 is 1.17 bits per heavy atom. The van der Waals surface area contributed by atoms with Crippen LogP contribution in [0.2, 0.25) is 0 Å². The van der Waals surface area contributed by atoms with E-state index in [0.717, 1.165) is 11.1 Å². The van der Waals surface area contributed by atoms with Gasteiger partial charge in [0.15, 0.2) is 5.76 Å². The Morgan fingerprint density at radius 2 is 1.87 bits per heavy atom. The van der Waals surface area contributed by atoms with Crippen LogP contribution in [-0.2, 0) is 16.1 Å². The highest BCUT2D eigenvalue weighted by Crippen LogP contribution is 2.10. The number of furan rings is 1. The van der Waals surface area contributed by atoms with E-state index in [1.54, 1.807) is 12.1 Å². The Balaban J connectivity index is 1.95. The molecule has 1 aromatic carbocycles. The van der Waals surface area contributed by atoms with Crippen molar-refractivity contribution in [3.8, 4) is 0 Å². The van der Waals surface area contributed by atoms with E-state index in [4.69, 9.17) is 9.15 Å². The van der Waals surface area contributed by atoms with Crippen LogP contribution < -0.4 is 5.32 Å². The maximum atomic E-state index is 12.3. The van der Waals surface area contributed by atoms with Gasteiger partial charge in [0.25, 0.3) is 5.91 Å². The summed E-state index contributed by atoms with van der Waals surface area (Å²) in [4.78, 5) is 24.3. The van der Waals surface area contributed by atoms with Crippen molar-refractivity contribution in [3.05, 3.63) is 59.5 Å². The minimum absolute atomic E-state index is 0.0977. The highest BCUT2D eigenvalue weighted by Gasteiger charge is 2.27. The fraction of sp³-hybridized carbons (Fsp3) is 0.333. The number of hydrogen-bond donors (Lipinski definition) is 1. The lowest BCUT2D eigenvalue weighted by Gasteiger charge is -2.20. The van der Waals surface area contributed by atoms with Gasteiger partial charge < -0.3 is 14.5 Å². The maximum Gasteiger partial charge on any atom is 0.329 e. The lowest BCUT2D eigenvalue weighted by Crippen LogP contribution is -2.45. The van der Waals surface area contributed by atoms with Crippen molar-refractivity contribution in [2.24, 2.45) is 5.92 Å².